The number of aromatic nitrogens is 5. The Bertz CT molecular complexity index is 1460. The average Bonchev–Trinajstić information content (AvgIpc) is 3.47. The minimum absolute atomic E-state index is 0.0230. The second-order valence-electron chi connectivity index (χ2n) is 7.47. The van der Waals surface area contributed by atoms with Crippen molar-refractivity contribution < 1.29 is 13.9 Å². The lowest BCUT2D eigenvalue weighted by Crippen LogP contribution is -2.40. The number of hydrogen-bond acceptors (Lipinski definition) is 7. The van der Waals surface area contributed by atoms with Crippen LogP contribution in [0.5, 0.6) is 5.75 Å². The molecule has 0 unspecified atom stereocenters. The number of nitrogens with zero attached hydrogens (tertiary/aromatic N) is 5. The predicted octanol–water partition coefficient (Wildman–Crippen LogP) is 3.23. The van der Waals surface area contributed by atoms with Crippen LogP contribution in [-0.2, 0) is 17.8 Å². The fourth-order valence-corrected chi connectivity index (χ4v) is 5.10. The van der Waals surface area contributed by atoms with Gasteiger partial charge >= 0.3 is 5.69 Å². The Hall–Kier alpha value is -3.57. The highest BCUT2D eigenvalue weighted by Crippen LogP contribution is 2.33. The molecular formula is C23H24FN5O4S. The average molecular weight is 486 g/mol. The predicted molar refractivity (Wildman–Crippen MR) is 128 cm³/mol. The summed E-state index contributed by atoms with van der Waals surface area (Å²) in [5.74, 6) is -0.0367. The maximum absolute atomic E-state index is 14.2. The number of halogens is 1. The third-order valence-electron chi connectivity index (χ3n) is 5.49. The van der Waals surface area contributed by atoms with Crippen molar-refractivity contribution >= 4 is 21.6 Å². The minimum atomic E-state index is -0.749. The number of fused-ring (bicyclic) bond motifs is 1. The minimum Gasteiger partial charge on any atom is -0.496 e. The molecule has 4 aromatic rings. The van der Waals surface area contributed by atoms with Crippen molar-refractivity contribution in [2.45, 2.75) is 33.0 Å². The van der Waals surface area contributed by atoms with Crippen LogP contribution in [0, 0.1) is 12.7 Å². The third kappa shape index (κ3) is 4.08. The smallest absolute Gasteiger partial charge is 0.332 e. The van der Waals surface area contributed by atoms with Crippen LogP contribution in [0.1, 0.15) is 24.2 Å². The van der Waals surface area contributed by atoms with Crippen LogP contribution in [-0.4, -0.2) is 37.8 Å². The van der Waals surface area contributed by atoms with Gasteiger partial charge in [0.05, 0.1) is 38.0 Å². The van der Waals surface area contributed by atoms with Gasteiger partial charge in [-0.15, -0.1) is 11.4 Å². The molecule has 0 amide bonds. The zero-order valence-corrected chi connectivity index (χ0v) is 19.8. The molecule has 0 aliphatic heterocycles. The highest BCUT2D eigenvalue weighted by atomic mass is 32.1. The van der Waals surface area contributed by atoms with Gasteiger partial charge in [0, 0.05) is 17.7 Å². The molecule has 0 fully saturated rings. The topological polar surface area (TPSA) is 93.2 Å². The third-order valence-corrected chi connectivity index (χ3v) is 6.77. The molecule has 0 aliphatic rings. The van der Waals surface area contributed by atoms with Gasteiger partial charge < -0.3 is 9.47 Å². The molecule has 1 atom stereocenters. The Balaban J connectivity index is 1.96. The Labute approximate surface area is 198 Å². The van der Waals surface area contributed by atoms with Gasteiger partial charge in [-0.25, -0.2) is 9.18 Å². The molecule has 0 radical (unpaired) electrons. The lowest BCUT2D eigenvalue weighted by molar-refractivity contribution is 0.0583. The van der Waals surface area contributed by atoms with Crippen molar-refractivity contribution in [2.75, 3.05) is 13.7 Å². The van der Waals surface area contributed by atoms with E-state index in [-0.39, 0.29) is 25.3 Å². The van der Waals surface area contributed by atoms with Crippen molar-refractivity contribution in [3.05, 3.63) is 81.0 Å². The second-order valence-corrected chi connectivity index (χ2v) is 8.45. The van der Waals surface area contributed by atoms with E-state index < -0.39 is 17.6 Å². The molecule has 0 bridgehead atoms. The van der Waals surface area contributed by atoms with Gasteiger partial charge in [-0.3, -0.25) is 13.9 Å². The molecule has 0 aliphatic carbocycles. The molecule has 0 spiro atoms. The van der Waals surface area contributed by atoms with E-state index in [0.717, 1.165) is 0 Å². The lowest BCUT2D eigenvalue weighted by Gasteiger charge is -2.22. The van der Waals surface area contributed by atoms with Crippen molar-refractivity contribution in [2.24, 2.45) is 0 Å². The first kappa shape index (κ1) is 23.6. The van der Waals surface area contributed by atoms with Gasteiger partial charge in [0.25, 0.3) is 5.56 Å². The van der Waals surface area contributed by atoms with Crippen LogP contribution in [0.3, 0.4) is 0 Å². The standard InChI is InChI=1S/C23H24FN5O4S/c1-5-11-33-18(16-12-15(24)7-8-17(16)32-4)13-28-22-19(20(30)27(6-2)23(28)31)14(3)21(34-22)29-25-9-10-26-29/h5,7-10,12,18H,1,6,11,13H2,2-4H3/t18-/m0/s1. The number of hydrogen-bond donors (Lipinski definition) is 0. The fourth-order valence-electron chi connectivity index (χ4n) is 3.88. The van der Waals surface area contributed by atoms with Gasteiger partial charge in [0.15, 0.2) is 0 Å². The first-order valence-electron chi connectivity index (χ1n) is 10.6. The SMILES string of the molecule is C=CCO[C@@H](Cn1c(=O)n(CC)c(=O)c2c(C)c(-n3nccn3)sc21)c1cc(F)ccc1OC. The van der Waals surface area contributed by atoms with Crippen LogP contribution < -0.4 is 16.0 Å². The summed E-state index contributed by atoms with van der Waals surface area (Å²) in [6.45, 7) is 7.60. The number of thiophene rings is 1. The van der Waals surface area contributed by atoms with Gasteiger partial charge in [0.1, 0.15) is 27.5 Å². The molecule has 34 heavy (non-hydrogen) atoms. The summed E-state index contributed by atoms with van der Waals surface area (Å²) in [6.07, 6.45) is 3.90. The first-order valence-corrected chi connectivity index (χ1v) is 11.4. The zero-order chi connectivity index (χ0) is 24.4. The maximum atomic E-state index is 14.2. The molecule has 0 saturated heterocycles. The molecule has 3 aromatic heterocycles. The van der Waals surface area contributed by atoms with Gasteiger partial charge in [-0.2, -0.15) is 10.2 Å². The van der Waals surface area contributed by atoms with E-state index in [1.165, 1.54) is 63.0 Å². The summed E-state index contributed by atoms with van der Waals surface area (Å²) in [7, 11) is 1.48. The lowest BCUT2D eigenvalue weighted by atomic mass is 10.1. The van der Waals surface area contributed by atoms with Crippen molar-refractivity contribution in [1.82, 2.24) is 24.1 Å². The number of methoxy groups -OCH3 is 1. The Morgan fingerprint density at radius 2 is 1.97 bits per heavy atom. The normalized spacial score (nSPS) is 12.2. The van der Waals surface area contributed by atoms with E-state index in [0.29, 0.717) is 32.1 Å². The number of rotatable bonds is 9. The largest absolute Gasteiger partial charge is 0.496 e. The Morgan fingerprint density at radius 1 is 1.24 bits per heavy atom. The quantitative estimate of drug-likeness (QED) is 0.338. The molecular weight excluding hydrogens is 461 g/mol. The highest BCUT2D eigenvalue weighted by Gasteiger charge is 2.25. The van der Waals surface area contributed by atoms with Crippen LogP contribution in [0.25, 0.3) is 15.2 Å². The van der Waals surface area contributed by atoms with E-state index in [4.69, 9.17) is 9.47 Å². The summed E-state index contributed by atoms with van der Waals surface area (Å²) >= 11 is 1.24. The maximum Gasteiger partial charge on any atom is 0.332 e. The molecule has 11 heteroatoms. The zero-order valence-electron chi connectivity index (χ0n) is 19.0. The van der Waals surface area contributed by atoms with Crippen LogP contribution in [0.2, 0.25) is 0 Å². The molecule has 1 aromatic carbocycles. The van der Waals surface area contributed by atoms with Gasteiger partial charge in [0.2, 0.25) is 0 Å². The van der Waals surface area contributed by atoms with E-state index in [1.54, 1.807) is 19.9 Å². The van der Waals surface area contributed by atoms with Crippen molar-refractivity contribution in [3.63, 3.8) is 0 Å². The molecule has 178 valence electrons. The summed E-state index contributed by atoms with van der Waals surface area (Å²) in [5, 5.41) is 9.39. The van der Waals surface area contributed by atoms with E-state index in [2.05, 4.69) is 16.8 Å². The molecule has 0 N–H and O–H groups in total. The van der Waals surface area contributed by atoms with Crippen molar-refractivity contribution in [3.8, 4) is 10.8 Å². The van der Waals surface area contributed by atoms with Crippen molar-refractivity contribution in [1.29, 1.82) is 0 Å². The summed E-state index contributed by atoms with van der Waals surface area (Å²) < 4.78 is 28.2. The van der Waals surface area contributed by atoms with Crippen LogP contribution >= 0.6 is 11.3 Å². The Morgan fingerprint density at radius 3 is 2.62 bits per heavy atom. The van der Waals surface area contributed by atoms with E-state index in [1.807, 2.05) is 0 Å². The summed E-state index contributed by atoms with van der Waals surface area (Å²) in [4.78, 5) is 28.5. The molecule has 4 rings (SSSR count). The molecule has 0 saturated carbocycles. The molecule has 9 nitrogen and oxygen atoms in total. The number of aryl methyl sites for hydroxylation is 1. The van der Waals surface area contributed by atoms with Gasteiger partial charge in [-0.1, -0.05) is 17.4 Å². The van der Waals surface area contributed by atoms with Crippen LogP contribution in [0.4, 0.5) is 4.39 Å². The van der Waals surface area contributed by atoms with E-state index >= 15 is 0 Å². The second kappa shape index (κ2) is 9.74. The fraction of sp³-hybridized carbons (Fsp3) is 0.304. The Kier molecular flexibility index (Phi) is 6.75. The number of ether oxygens (including phenoxy) is 2. The number of benzene rings is 1. The van der Waals surface area contributed by atoms with Gasteiger partial charge in [-0.05, 0) is 32.0 Å². The van der Waals surface area contributed by atoms with Crippen LogP contribution in [0.15, 0.2) is 52.8 Å². The highest BCUT2D eigenvalue weighted by molar-refractivity contribution is 7.21. The molecule has 3 heterocycles. The first-order chi connectivity index (χ1) is 16.4. The monoisotopic (exact) mass is 485 g/mol. The summed E-state index contributed by atoms with van der Waals surface area (Å²) in [6, 6.07) is 4.13. The summed E-state index contributed by atoms with van der Waals surface area (Å²) in [5.41, 5.74) is 0.256. The van der Waals surface area contributed by atoms with E-state index in [9.17, 15) is 14.0 Å².